The van der Waals surface area contributed by atoms with Crippen molar-refractivity contribution in [3.05, 3.63) is 89.5 Å². The summed E-state index contributed by atoms with van der Waals surface area (Å²) in [7, 11) is 0. The molecule has 0 saturated carbocycles. The van der Waals surface area contributed by atoms with Gasteiger partial charge in [0.25, 0.3) is 0 Å². The fourth-order valence-corrected chi connectivity index (χ4v) is 4.25. The summed E-state index contributed by atoms with van der Waals surface area (Å²) < 4.78 is 5.45. The highest BCUT2D eigenvalue weighted by Crippen LogP contribution is 2.44. The Morgan fingerprint density at radius 1 is 0.886 bits per heavy atom. The van der Waals surface area contributed by atoms with E-state index in [1.165, 1.54) is 19.1 Å². The van der Waals surface area contributed by atoms with Gasteiger partial charge in [0, 0.05) is 12.3 Å². The van der Waals surface area contributed by atoms with Gasteiger partial charge in [-0.1, -0.05) is 60.7 Å². The highest BCUT2D eigenvalue weighted by atomic mass is 16.5. The molecule has 180 valence electrons. The number of phenolic OH excluding ortho intramolecular Hbond substituents is 1. The molecule has 4 rings (SSSR count). The summed E-state index contributed by atoms with van der Waals surface area (Å²) in [4.78, 5) is 36.6. The van der Waals surface area contributed by atoms with E-state index in [0.717, 1.165) is 22.3 Å². The van der Waals surface area contributed by atoms with E-state index in [0.29, 0.717) is 5.56 Å². The lowest BCUT2D eigenvalue weighted by atomic mass is 9.98. The summed E-state index contributed by atoms with van der Waals surface area (Å²) in [5, 5.41) is 23.8. The van der Waals surface area contributed by atoms with Crippen LogP contribution in [0.4, 0.5) is 4.79 Å². The third-order valence-electron chi connectivity index (χ3n) is 6.06. The average Bonchev–Trinajstić information content (AvgIpc) is 3.17. The number of carboxylic acids is 1. The van der Waals surface area contributed by atoms with Gasteiger partial charge < -0.3 is 25.6 Å². The van der Waals surface area contributed by atoms with Crippen molar-refractivity contribution < 1.29 is 29.3 Å². The SMILES string of the molecule is CC(NC(=O)OCC1c2ccccc2-c2ccccc21)C(=O)NC(Cc1ccc(O)cc1)C(=O)O. The number of carboxylic acid groups (broad SMARTS) is 1. The van der Waals surface area contributed by atoms with Crippen LogP contribution in [0.25, 0.3) is 11.1 Å². The molecule has 0 aromatic heterocycles. The molecule has 3 aromatic rings. The predicted octanol–water partition coefficient (Wildman–Crippen LogP) is 3.43. The Morgan fingerprint density at radius 3 is 2.03 bits per heavy atom. The van der Waals surface area contributed by atoms with Crippen LogP contribution in [0.2, 0.25) is 0 Å². The number of fused-ring (bicyclic) bond motifs is 3. The van der Waals surface area contributed by atoms with E-state index in [1.54, 1.807) is 12.1 Å². The first-order valence-electron chi connectivity index (χ1n) is 11.3. The van der Waals surface area contributed by atoms with Gasteiger partial charge in [0.15, 0.2) is 0 Å². The number of carbonyl (C=O) groups is 3. The van der Waals surface area contributed by atoms with Crippen molar-refractivity contribution in [2.45, 2.75) is 31.3 Å². The quantitative estimate of drug-likeness (QED) is 0.396. The maximum Gasteiger partial charge on any atom is 0.407 e. The van der Waals surface area contributed by atoms with Gasteiger partial charge in [-0.25, -0.2) is 9.59 Å². The summed E-state index contributed by atoms with van der Waals surface area (Å²) in [5.74, 6) is -1.91. The fraction of sp³-hybridized carbons (Fsp3) is 0.222. The van der Waals surface area contributed by atoms with E-state index in [-0.39, 0.29) is 24.7 Å². The number of aromatic hydroxyl groups is 1. The number of carbonyl (C=O) groups excluding carboxylic acids is 2. The Kier molecular flexibility index (Phi) is 7.01. The van der Waals surface area contributed by atoms with E-state index >= 15 is 0 Å². The fourth-order valence-electron chi connectivity index (χ4n) is 4.25. The molecule has 0 heterocycles. The van der Waals surface area contributed by atoms with Gasteiger partial charge in [0.05, 0.1) is 0 Å². The molecule has 0 fully saturated rings. The highest BCUT2D eigenvalue weighted by Gasteiger charge is 2.30. The summed E-state index contributed by atoms with van der Waals surface area (Å²) in [6, 6.07) is 19.8. The highest BCUT2D eigenvalue weighted by molar-refractivity contribution is 5.89. The average molecular weight is 475 g/mol. The standard InChI is InChI=1S/C27H26N2O6/c1-16(25(31)29-24(26(32)33)14-17-10-12-18(30)13-11-17)28-27(34)35-15-23-21-8-4-2-6-19(21)20-7-3-5-9-22(20)23/h2-13,16,23-24,30H,14-15H2,1H3,(H,28,34)(H,29,31)(H,32,33). The van der Waals surface area contributed by atoms with E-state index < -0.39 is 30.1 Å². The Bertz CT molecular complexity index is 1190. The number of amides is 2. The van der Waals surface area contributed by atoms with E-state index in [4.69, 9.17) is 4.74 Å². The van der Waals surface area contributed by atoms with Gasteiger partial charge in [-0.2, -0.15) is 0 Å². The first-order chi connectivity index (χ1) is 16.8. The Labute approximate surface area is 202 Å². The Morgan fingerprint density at radius 2 is 1.46 bits per heavy atom. The largest absolute Gasteiger partial charge is 0.508 e. The molecule has 0 radical (unpaired) electrons. The van der Waals surface area contributed by atoms with Crippen LogP contribution < -0.4 is 10.6 Å². The minimum Gasteiger partial charge on any atom is -0.508 e. The van der Waals surface area contributed by atoms with Gasteiger partial charge in [0.1, 0.15) is 24.4 Å². The van der Waals surface area contributed by atoms with Crippen molar-refractivity contribution in [3.8, 4) is 16.9 Å². The zero-order chi connectivity index (χ0) is 24.9. The van der Waals surface area contributed by atoms with E-state index in [2.05, 4.69) is 10.6 Å². The zero-order valence-electron chi connectivity index (χ0n) is 19.1. The number of alkyl carbamates (subject to hydrolysis) is 1. The molecule has 0 spiro atoms. The lowest BCUT2D eigenvalue weighted by Crippen LogP contribution is -2.51. The van der Waals surface area contributed by atoms with Crippen LogP contribution in [0, 0.1) is 0 Å². The summed E-state index contributed by atoms with van der Waals surface area (Å²) >= 11 is 0. The van der Waals surface area contributed by atoms with Gasteiger partial charge in [0.2, 0.25) is 5.91 Å². The number of benzene rings is 3. The molecule has 2 unspecified atom stereocenters. The van der Waals surface area contributed by atoms with Crippen molar-refractivity contribution >= 4 is 18.0 Å². The normalized spacial score (nSPS) is 13.7. The van der Waals surface area contributed by atoms with Crippen molar-refractivity contribution in [2.75, 3.05) is 6.61 Å². The molecule has 1 aliphatic carbocycles. The second-order valence-electron chi connectivity index (χ2n) is 8.46. The maximum absolute atomic E-state index is 12.5. The molecule has 0 aliphatic heterocycles. The number of hydrogen-bond donors (Lipinski definition) is 4. The van der Waals surface area contributed by atoms with Gasteiger partial charge in [-0.15, -0.1) is 0 Å². The molecule has 4 N–H and O–H groups in total. The number of phenols is 1. The zero-order valence-corrected chi connectivity index (χ0v) is 19.1. The molecule has 0 saturated heterocycles. The van der Waals surface area contributed by atoms with Gasteiger partial charge in [-0.3, -0.25) is 4.79 Å². The topological polar surface area (TPSA) is 125 Å². The van der Waals surface area contributed by atoms with Crippen LogP contribution in [0.1, 0.15) is 29.5 Å². The van der Waals surface area contributed by atoms with Gasteiger partial charge >= 0.3 is 12.1 Å². The van der Waals surface area contributed by atoms with Crippen molar-refractivity contribution in [3.63, 3.8) is 0 Å². The smallest absolute Gasteiger partial charge is 0.407 e. The Balaban J connectivity index is 1.33. The van der Waals surface area contributed by atoms with Crippen LogP contribution in [0.15, 0.2) is 72.8 Å². The minimum atomic E-state index is -1.21. The van der Waals surface area contributed by atoms with Gasteiger partial charge in [-0.05, 0) is 46.9 Å². The predicted molar refractivity (Wildman–Crippen MR) is 129 cm³/mol. The van der Waals surface area contributed by atoms with Crippen molar-refractivity contribution in [2.24, 2.45) is 0 Å². The van der Waals surface area contributed by atoms with Crippen LogP contribution >= 0.6 is 0 Å². The molecular formula is C27H26N2O6. The van der Waals surface area contributed by atoms with E-state index in [1.807, 2.05) is 48.5 Å². The maximum atomic E-state index is 12.5. The molecule has 35 heavy (non-hydrogen) atoms. The third kappa shape index (κ3) is 5.43. The molecule has 3 aromatic carbocycles. The molecule has 8 heteroatoms. The molecule has 8 nitrogen and oxygen atoms in total. The monoisotopic (exact) mass is 474 g/mol. The van der Waals surface area contributed by atoms with E-state index in [9.17, 15) is 24.6 Å². The van der Waals surface area contributed by atoms with Crippen LogP contribution in [-0.2, 0) is 20.7 Å². The molecular weight excluding hydrogens is 448 g/mol. The second-order valence-corrected chi connectivity index (χ2v) is 8.46. The first-order valence-corrected chi connectivity index (χ1v) is 11.3. The van der Waals surface area contributed by atoms with Crippen LogP contribution in [0.3, 0.4) is 0 Å². The number of hydrogen-bond acceptors (Lipinski definition) is 5. The lowest BCUT2D eigenvalue weighted by molar-refractivity contribution is -0.142. The lowest BCUT2D eigenvalue weighted by Gasteiger charge is -2.19. The summed E-state index contributed by atoms with van der Waals surface area (Å²) in [5.41, 5.74) is 5.00. The summed E-state index contributed by atoms with van der Waals surface area (Å²) in [6.07, 6.45) is -0.737. The number of ether oxygens (including phenoxy) is 1. The summed E-state index contributed by atoms with van der Waals surface area (Å²) in [6.45, 7) is 1.56. The van der Waals surface area contributed by atoms with Crippen LogP contribution in [-0.4, -0.2) is 46.9 Å². The molecule has 2 amide bonds. The third-order valence-corrected chi connectivity index (χ3v) is 6.06. The molecule has 0 bridgehead atoms. The first kappa shape index (κ1) is 23.8. The molecule has 2 atom stereocenters. The second kappa shape index (κ2) is 10.3. The number of nitrogens with one attached hydrogen (secondary N) is 2. The van der Waals surface area contributed by atoms with Crippen molar-refractivity contribution in [1.29, 1.82) is 0 Å². The van der Waals surface area contributed by atoms with Crippen LogP contribution in [0.5, 0.6) is 5.75 Å². The molecule has 1 aliphatic rings. The number of aliphatic carboxylic acids is 1. The van der Waals surface area contributed by atoms with Crippen molar-refractivity contribution in [1.82, 2.24) is 10.6 Å². The minimum absolute atomic E-state index is 0.0268. The Hall–Kier alpha value is -4.33. The number of rotatable bonds is 8.